The number of carboxylic acid groups (broad SMARTS) is 1. The van der Waals surface area contributed by atoms with Crippen LogP contribution in [-0.2, 0) is 9.63 Å². The molecule has 0 saturated carbocycles. The standard InChI is InChI=1S/C14H15NO7/c1-6-9(14(16)17)15-22-10(6)7-4-8-12(21-5-20-8)13(19-3)11(7)18-2/h4,6,10H,5H2,1-3H3,(H,16,17)/t6-,10-/m1/s1. The maximum Gasteiger partial charge on any atom is 0.354 e. The summed E-state index contributed by atoms with van der Waals surface area (Å²) in [6, 6.07) is 1.70. The third-order valence-corrected chi connectivity index (χ3v) is 3.69. The van der Waals surface area contributed by atoms with Crippen LogP contribution in [0.1, 0.15) is 18.6 Å². The largest absolute Gasteiger partial charge is 0.492 e. The number of hydrogen-bond acceptors (Lipinski definition) is 7. The minimum Gasteiger partial charge on any atom is -0.492 e. The number of carboxylic acids is 1. The van der Waals surface area contributed by atoms with Gasteiger partial charge in [-0.1, -0.05) is 12.1 Å². The Balaban J connectivity index is 2.07. The van der Waals surface area contributed by atoms with Crippen molar-refractivity contribution in [3.05, 3.63) is 11.6 Å². The van der Waals surface area contributed by atoms with E-state index in [2.05, 4.69) is 5.16 Å². The zero-order chi connectivity index (χ0) is 15.9. The first-order valence-electron chi connectivity index (χ1n) is 6.60. The first kappa shape index (κ1) is 14.3. The molecule has 118 valence electrons. The second kappa shape index (κ2) is 5.28. The van der Waals surface area contributed by atoms with Gasteiger partial charge in [0.15, 0.2) is 23.3 Å². The van der Waals surface area contributed by atoms with Crippen molar-refractivity contribution in [2.45, 2.75) is 13.0 Å². The molecule has 0 fully saturated rings. The molecule has 0 amide bonds. The summed E-state index contributed by atoms with van der Waals surface area (Å²) in [5.41, 5.74) is 0.555. The molecule has 1 N–H and O–H groups in total. The van der Waals surface area contributed by atoms with E-state index in [9.17, 15) is 4.79 Å². The van der Waals surface area contributed by atoms with E-state index in [-0.39, 0.29) is 12.5 Å². The van der Waals surface area contributed by atoms with E-state index in [0.29, 0.717) is 28.6 Å². The minimum atomic E-state index is -1.11. The molecule has 0 radical (unpaired) electrons. The van der Waals surface area contributed by atoms with Gasteiger partial charge in [0.25, 0.3) is 0 Å². The molecule has 0 aliphatic carbocycles. The van der Waals surface area contributed by atoms with Gasteiger partial charge in [0.2, 0.25) is 18.3 Å². The first-order chi connectivity index (χ1) is 10.6. The monoisotopic (exact) mass is 309 g/mol. The van der Waals surface area contributed by atoms with Crippen molar-refractivity contribution in [2.24, 2.45) is 11.1 Å². The number of fused-ring (bicyclic) bond motifs is 1. The van der Waals surface area contributed by atoms with Crippen LogP contribution in [-0.4, -0.2) is 37.8 Å². The van der Waals surface area contributed by atoms with Crippen molar-refractivity contribution in [3.8, 4) is 23.0 Å². The second-order valence-electron chi connectivity index (χ2n) is 4.86. The maximum absolute atomic E-state index is 11.1. The number of aliphatic carboxylic acids is 1. The van der Waals surface area contributed by atoms with Crippen LogP contribution in [0.15, 0.2) is 11.2 Å². The van der Waals surface area contributed by atoms with Gasteiger partial charge in [0, 0.05) is 5.56 Å². The quantitative estimate of drug-likeness (QED) is 0.902. The Morgan fingerprint density at radius 3 is 2.64 bits per heavy atom. The predicted octanol–water partition coefficient (Wildman–Crippen LogP) is 1.58. The van der Waals surface area contributed by atoms with Crippen molar-refractivity contribution < 1.29 is 33.7 Å². The van der Waals surface area contributed by atoms with Gasteiger partial charge in [-0.15, -0.1) is 0 Å². The lowest BCUT2D eigenvalue weighted by Crippen LogP contribution is -2.21. The molecule has 1 aromatic rings. The highest BCUT2D eigenvalue weighted by Gasteiger charge is 2.40. The van der Waals surface area contributed by atoms with Crippen LogP contribution in [0.4, 0.5) is 0 Å². The van der Waals surface area contributed by atoms with Gasteiger partial charge in [0.1, 0.15) is 0 Å². The number of hydrogen-bond donors (Lipinski definition) is 1. The van der Waals surface area contributed by atoms with Gasteiger partial charge in [-0.05, 0) is 6.07 Å². The second-order valence-corrected chi connectivity index (χ2v) is 4.86. The van der Waals surface area contributed by atoms with Crippen LogP contribution < -0.4 is 18.9 Å². The molecule has 0 aromatic heterocycles. The van der Waals surface area contributed by atoms with E-state index in [4.69, 9.17) is 28.9 Å². The molecule has 2 aliphatic rings. The van der Waals surface area contributed by atoms with Crippen molar-refractivity contribution in [3.63, 3.8) is 0 Å². The number of rotatable bonds is 4. The number of carbonyl (C=O) groups is 1. The molecule has 0 unspecified atom stereocenters. The van der Waals surface area contributed by atoms with Gasteiger partial charge in [0.05, 0.1) is 20.1 Å². The molecule has 2 atom stereocenters. The van der Waals surface area contributed by atoms with Crippen molar-refractivity contribution in [1.82, 2.24) is 0 Å². The molecule has 1 aromatic carbocycles. The SMILES string of the molecule is COc1c([C@@H]2ON=C(C(=O)O)[C@H]2C)cc2c(c1OC)OCO2. The fourth-order valence-electron chi connectivity index (χ4n) is 2.61. The molecule has 3 rings (SSSR count). The van der Waals surface area contributed by atoms with Crippen molar-refractivity contribution in [1.29, 1.82) is 0 Å². The summed E-state index contributed by atoms with van der Waals surface area (Å²) in [6.45, 7) is 1.80. The van der Waals surface area contributed by atoms with E-state index >= 15 is 0 Å². The number of nitrogens with zero attached hydrogens (tertiary/aromatic N) is 1. The van der Waals surface area contributed by atoms with E-state index in [1.807, 2.05) is 0 Å². The van der Waals surface area contributed by atoms with E-state index < -0.39 is 18.0 Å². The van der Waals surface area contributed by atoms with Crippen LogP contribution in [0, 0.1) is 5.92 Å². The van der Waals surface area contributed by atoms with Crippen LogP contribution in [0.25, 0.3) is 0 Å². The third-order valence-electron chi connectivity index (χ3n) is 3.69. The van der Waals surface area contributed by atoms with Gasteiger partial charge in [-0.3, -0.25) is 0 Å². The summed E-state index contributed by atoms with van der Waals surface area (Å²) in [7, 11) is 2.98. The molecule has 8 heteroatoms. The summed E-state index contributed by atoms with van der Waals surface area (Å²) < 4.78 is 21.5. The Hall–Kier alpha value is -2.64. The summed E-state index contributed by atoms with van der Waals surface area (Å²) in [5, 5.41) is 12.8. The van der Waals surface area contributed by atoms with E-state index in [1.165, 1.54) is 14.2 Å². The Kier molecular flexibility index (Phi) is 3.44. The molecule has 22 heavy (non-hydrogen) atoms. The Morgan fingerprint density at radius 1 is 1.32 bits per heavy atom. The smallest absolute Gasteiger partial charge is 0.354 e. The number of ether oxygens (including phenoxy) is 4. The first-order valence-corrected chi connectivity index (χ1v) is 6.60. The highest BCUT2D eigenvalue weighted by Crippen LogP contribution is 2.52. The highest BCUT2D eigenvalue weighted by molar-refractivity contribution is 6.36. The Morgan fingerprint density at radius 2 is 2.05 bits per heavy atom. The van der Waals surface area contributed by atoms with E-state index in [1.54, 1.807) is 13.0 Å². The zero-order valence-electron chi connectivity index (χ0n) is 12.3. The number of benzene rings is 1. The topological polar surface area (TPSA) is 95.8 Å². The zero-order valence-corrected chi connectivity index (χ0v) is 12.3. The summed E-state index contributed by atoms with van der Waals surface area (Å²) in [4.78, 5) is 16.4. The van der Waals surface area contributed by atoms with Crippen LogP contribution >= 0.6 is 0 Å². The lowest BCUT2D eigenvalue weighted by Gasteiger charge is -2.20. The normalized spacial score (nSPS) is 22.0. The minimum absolute atomic E-state index is 0.0383. The van der Waals surface area contributed by atoms with Crippen LogP contribution in [0.5, 0.6) is 23.0 Å². The molecule has 0 saturated heterocycles. The predicted molar refractivity (Wildman–Crippen MR) is 73.7 cm³/mol. The molecule has 0 bridgehead atoms. The fourth-order valence-corrected chi connectivity index (χ4v) is 2.61. The Bertz CT molecular complexity index is 655. The lowest BCUT2D eigenvalue weighted by atomic mass is 9.92. The van der Waals surface area contributed by atoms with E-state index in [0.717, 1.165) is 0 Å². The van der Waals surface area contributed by atoms with Crippen LogP contribution in [0.3, 0.4) is 0 Å². The molecule has 8 nitrogen and oxygen atoms in total. The highest BCUT2D eigenvalue weighted by atomic mass is 16.7. The van der Waals surface area contributed by atoms with Crippen LogP contribution in [0.2, 0.25) is 0 Å². The molecule has 2 aliphatic heterocycles. The Labute approximate surface area is 126 Å². The molecular weight excluding hydrogens is 294 g/mol. The summed E-state index contributed by atoms with van der Waals surface area (Å²) >= 11 is 0. The molecular formula is C14H15NO7. The van der Waals surface area contributed by atoms with Gasteiger partial charge in [-0.25, -0.2) is 4.79 Å². The van der Waals surface area contributed by atoms with Gasteiger partial charge < -0.3 is 28.9 Å². The van der Waals surface area contributed by atoms with Crippen molar-refractivity contribution in [2.75, 3.05) is 21.0 Å². The summed E-state index contributed by atoms with van der Waals surface area (Å²) in [6.07, 6.45) is -0.607. The van der Waals surface area contributed by atoms with Gasteiger partial charge >= 0.3 is 5.97 Å². The third kappa shape index (κ3) is 1.99. The fraction of sp³-hybridized carbons (Fsp3) is 0.429. The number of methoxy groups -OCH3 is 2. The average molecular weight is 309 g/mol. The average Bonchev–Trinajstić information content (AvgIpc) is 3.10. The van der Waals surface area contributed by atoms with Crippen molar-refractivity contribution >= 4 is 11.7 Å². The molecule has 0 spiro atoms. The maximum atomic E-state index is 11.1. The molecule has 2 heterocycles. The number of oxime groups is 1. The summed E-state index contributed by atoms with van der Waals surface area (Å²) in [5.74, 6) is 0.177. The van der Waals surface area contributed by atoms with Gasteiger partial charge in [-0.2, -0.15) is 0 Å². The lowest BCUT2D eigenvalue weighted by molar-refractivity contribution is -0.129.